The van der Waals surface area contributed by atoms with E-state index in [1.54, 1.807) is 26.0 Å². The van der Waals surface area contributed by atoms with Crippen molar-refractivity contribution < 1.29 is 23.6 Å². The molecule has 0 atom stereocenters. The summed E-state index contributed by atoms with van der Waals surface area (Å²) in [6.07, 6.45) is 0. The number of esters is 1. The summed E-state index contributed by atoms with van der Waals surface area (Å²) < 4.78 is 19.6. The minimum atomic E-state index is -0.732. The molecule has 0 spiro atoms. The first-order chi connectivity index (χ1) is 13.3. The molecule has 144 valence electrons. The van der Waals surface area contributed by atoms with E-state index >= 15 is 0 Å². The van der Waals surface area contributed by atoms with Crippen LogP contribution in [-0.2, 0) is 9.53 Å². The van der Waals surface area contributed by atoms with E-state index in [0.717, 1.165) is 11.3 Å². The number of carbonyl (C=O) groups excluding carboxylic acids is 2. The number of thiophene rings is 1. The van der Waals surface area contributed by atoms with Gasteiger partial charge in [-0.25, -0.2) is 9.18 Å². The van der Waals surface area contributed by atoms with Crippen molar-refractivity contribution >= 4 is 44.7 Å². The quantitative estimate of drug-likeness (QED) is 0.388. The number of ether oxygens (including phenoxy) is 1. The number of nitro groups is 1. The summed E-state index contributed by atoms with van der Waals surface area (Å²) in [5, 5.41) is 13.7. The van der Waals surface area contributed by atoms with Gasteiger partial charge < -0.3 is 10.1 Å². The molecule has 0 aliphatic rings. The van der Waals surface area contributed by atoms with Gasteiger partial charge in [-0.1, -0.05) is 12.1 Å². The lowest BCUT2D eigenvalue weighted by Gasteiger charge is -2.08. The van der Waals surface area contributed by atoms with Gasteiger partial charge in [0.25, 0.3) is 11.6 Å². The molecule has 1 N–H and O–H groups in total. The highest BCUT2D eigenvalue weighted by Crippen LogP contribution is 2.33. The van der Waals surface area contributed by atoms with E-state index in [0.29, 0.717) is 21.2 Å². The molecule has 9 heteroatoms. The van der Waals surface area contributed by atoms with Crippen LogP contribution < -0.4 is 5.32 Å². The molecule has 2 aromatic carbocycles. The molecule has 28 heavy (non-hydrogen) atoms. The maximum absolute atomic E-state index is 13.9. The average Bonchev–Trinajstić information content (AvgIpc) is 2.99. The second-order valence-corrected chi connectivity index (χ2v) is 7.10. The number of aryl methyl sites for hydroxylation is 2. The van der Waals surface area contributed by atoms with E-state index in [9.17, 15) is 24.1 Å². The SMILES string of the molecule is Cc1ccc([N+](=O)[O-])cc1NC(=O)COC(=O)c1sc2cccc(F)c2c1C. The first-order valence-electron chi connectivity index (χ1n) is 8.17. The van der Waals surface area contributed by atoms with E-state index in [1.165, 1.54) is 24.3 Å². The first-order valence-corrected chi connectivity index (χ1v) is 8.99. The average molecular weight is 402 g/mol. The van der Waals surface area contributed by atoms with Gasteiger partial charge in [0.1, 0.15) is 10.7 Å². The number of hydrogen-bond acceptors (Lipinski definition) is 6. The zero-order chi connectivity index (χ0) is 20.4. The van der Waals surface area contributed by atoms with Crippen molar-refractivity contribution in [3.8, 4) is 0 Å². The van der Waals surface area contributed by atoms with Crippen molar-refractivity contribution in [1.29, 1.82) is 0 Å². The molecule has 7 nitrogen and oxygen atoms in total. The molecular weight excluding hydrogens is 387 g/mol. The largest absolute Gasteiger partial charge is 0.451 e. The van der Waals surface area contributed by atoms with Gasteiger partial charge in [-0.2, -0.15) is 0 Å². The van der Waals surface area contributed by atoms with Crippen molar-refractivity contribution in [3.05, 3.63) is 68.3 Å². The predicted molar refractivity (Wildman–Crippen MR) is 103 cm³/mol. The van der Waals surface area contributed by atoms with Crippen molar-refractivity contribution in [2.75, 3.05) is 11.9 Å². The number of fused-ring (bicyclic) bond motifs is 1. The van der Waals surface area contributed by atoms with Crippen LogP contribution in [0.1, 0.15) is 20.8 Å². The number of anilines is 1. The molecule has 0 aliphatic carbocycles. The highest BCUT2D eigenvalue weighted by Gasteiger charge is 2.20. The fraction of sp³-hybridized carbons (Fsp3) is 0.158. The molecule has 0 radical (unpaired) electrons. The van der Waals surface area contributed by atoms with Crippen LogP contribution in [0.3, 0.4) is 0 Å². The molecule has 3 aromatic rings. The minimum Gasteiger partial charge on any atom is -0.451 e. The highest BCUT2D eigenvalue weighted by atomic mass is 32.1. The number of amides is 1. The van der Waals surface area contributed by atoms with Crippen LogP contribution in [0, 0.1) is 29.8 Å². The third-order valence-electron chi connectivity index (χ3n) is 4.13. The summed E-state index contributed by atoms with van der Waals surface area (Å²) in [4.78, 5) is 34.9. The summed E-state index contributed by atoms with van der Waals surface area (Å²) >= 11 is 1.09. The first kappa shape index (κ1) is 19.4. The van der Waals surface area contributed by atoms with E-state index in [2.05, 4.69) is 5.32 Å². The number of rotatable bonds is 5. The van der Waals surface area contributed by atoms with Gasteiger partial charge in [0, 0.05) is 22.2 Å². The Morgan fingerprint density at radius 3 is 2.68 bits per heavy atom. The van der Waals surface area contributed by atoms with Gasteiger partial charge in [-0.3, -0.25) is 14.9 Å². The Labute approximate surface area is 162 Å². The molecule has 1 aromatic heterocycles. The highest BCUT2D eigenvalue weighted by molar-refractivity contribution is 7.21. The molecule has 3 rings (SSSR count). The number of carbonyl (C=O) groups is 2. The number of non-ortho nitro benzene ring substituents is 1. The van der Waals surface area contributed by atoms with Crippen LogP contribution in [0.15, 0.2) is 36.4 Å². The summed E-state index contributed by atoms with van der Waals surface area (Å²) in [6.45, 7) is 2.72. The Morgan fingerprint density at radius 2 is 2.00 bits per heavy atom. The molecule has 0 bridgehead atoms. The second kappa shape index (κ2) is 7.73. The standard InChI is InChI=1S/C19H15FN2O5S/c1-10-6-7-12(22(25)26)8-14(10)21-16(23)9-27-19(24)18-11(2)17-13(20)4-3-5-15(17)28-18/h3-8H,9H2,1-2H3,(H,21,23). The van der Waals surface area contributed by atoms with Crippen LogP contribution in [0.4, 0.5) is 15.8 Å². The predicted octanol–water partition coefficient (Wildman–Crippen LogP) is 4.36. The summed E-state index contributed by atoms with van der Waals surface area (Å²) in [7, 11) is 0. The summed E-state index contributed by atoms with van der Waals surface area (Å²) in [5.41, 5.74) is 1.18. The fourth-order valence-corrected chi connectivity index (χ4v) is 3.81. The third kappa shape index (κ3) is 3.84. The van der Waals surface area contributed by atoms with Gasteiger partial charge in [-0.05, 0) is 37.1 Å². The molecule has 0 saturated carbocycles. The van der Waals surface area contributed by atoms with Gasteiger partial charge in [-0.15, -0.1) is 11.3 Å². The van der Waals surface area contributed by atoms with Crippen molar-refractivity contribution in [1.82, 2.24) is 0 Å². The third-order valence-corrected chi connectivity index (χ3v) is 5.37. The number of nitro benzene ring substituents is 1. The maximum Gasteiger partial charge on any atom is 0.349 e. The van der Waals surface area contributed by atoms with E-state index in [1.807, 2.05) is 0 Å². The number of nitrogens with zero attached hydrogens (tertiary/aromatic N) is 1. The van der Waals surface area contributed by atoms with E-state index < -0.39 is 29.2 Å². The lowest BCUT2D eigenvalue weighted by molar-refractivity contribution is -0.384. The Kier molecular flexibility index (Phi) is 5.36. The van der Waals surface area contributed by atoms with Crippen molar-refractivity contribution in [2.45, 2.75) is 13.8 Å². The number of benzene rings is 2. The Morgan fingerprint density at radius 1 is 1.25 bits per heavy atom. The van der Waals surface area contributed by atoms with Gasteiger partial charge in [0.05, 0.1) is 10.6 Å². The fourth-order valence-electron chi connectivity index (χ4n) is 2.69. The van der Waals surface area contributed by atoms with E-state index in [4.69, 9.17) is 4.74 Å². The normalized spacial score (nSPS) is 10.7. The molecule has 1 heterocycles. The lowest BCUT2D eigenvalue weighted by Crippen LogP contribution is -2.21. The minimum absolute atomic E-state index is 0.166. The van der Waals surface area contributed by atoms with Gasteiger partial charge in [0.15, 0.2) is 6.61 Å². The van der Waals surface area contributed by atoms with Crippen molar-refractivity contribution in [3.63, 3.8) is 0 Å². The summed E-state index contributed by atoms with van der Waals surface area (Å²) in [6, 6.07) is 8.63. The zero-order valence-electron chi connectivity index (χ0n) is 14.9. The molecule has 0 saturated heterocycles. The van der Waals surface area contributed by atoms with Crippen molar-refractivity contribution in [2.24, 2.45) is 0 Å². The Hall–Kier alpha value is -3.33. The van der Waals surface area contributed by atoms with Gasteiger partial charge >= 0.3 is 5.97 Å². The number of halogens is 1. The monoisotopic (exact) mass is 402 g/mol. The van der Waals surface area contributed by atoms with Crippen LogP contribution in [-0.4, -0.2) is 23.4 Å². The van der Waals surface area contributed by atoms with Crippen LogP contribution >= 0.6 is 11.3 Å². The smallest absolute Gasteiger partial charge is 0.349 e. The van der Waals surface area contributed by atoms with Crippen LogP contribution in [0.25, 0.3) is 10.1 Å². The molecule has 1 amide bonds. The Bertz CT molecular complexity index is 1110. The molecule has 0 fully saturated rings. The van der Waals surface area contributed by atoms with Gasteiger partial charge in [0.2, 0.25) is 0 Å². The number of nitrogens with one attached hydrogen (secondary N) is 1. The number of hydrogen-bond donors (Lipinski definition) is 1. The van der Waals surface area contributed by atoms with Crippen LogP contribution in [0.2, 0.25) is 0 Å². The molecular formula is C19H15FN2O5S. The zero-order valence-corrected chi connectivity index (χ0v) is 15.8. The second-order valence-electron chi connectivity index (χ2n) is 6.05. The van der Waals surface area contributed by atoms with Crippen LogP contribution in [0.5, 0.6) is 0 Å². The Balaban J connectivity index is 1.69. The topological polar surface area (TPSA) is 98.5 Å². The maximum atomic E-state index is 13.9. The lowest BCUT2D eigenvalue weighted by atomic mass is 10.1. The van der Waals surface area contributed by atoms with E-state index in [-0.39, 0.29) is 16.3 Å². The summed E-state index contributed by atoms with van der Waals surface area (Å²) in [5.74, 6) is -1.80. The molecule has 0 unspecified atom stereocenters. The molecule has 0 aliphatic heterocycles.